The zero-order valence-corrected chi connectivity index (χ0v) is 16.8. The third kappa shape index (κ3) is 6.00. The summed E-state index contributed by atoms with van der Waals surface area (Å²) in [7, 11) is 0. The molecule has 156 valence electrons. The predicted molar refractivity (Wildman–Crippen MR) is 106 cm³/mol. The van der Waals surface area contributed by atoms with Crippen LogP contribution in [-0.4, -0.2) is 42.6 Å². The molecule has 1 aliphatic rings. The maximum Gasteiger partial charge on any atom is 0.321 e. The van der Waals surface area contributed by atoms with E-state index >= 15 is 0 Å². The van der Waals surface area contributed by atoms with Gasteiger partial charge in [-0.1, -0.05) is 60.7 Å². The molecule has 0 unspecified atom stereocenters. The molecule has 29 heavy (non-hydrogen) atoms. The molecule has 2 aromatic carbocycles. The van der Waals surface area contributed by atoms with Crippen LogP contribution >= 0.6 is 11.6 Å². The van der Waals surface area contributed by atoms with Gasteiger partial charge in [-0.05, 0) is 18.1 Å². The summed E-state index contributed by atoms with van der Waals surface area (Å²) in [6.45, 7) is 2.21. The number of benzene rings is 2. The van der Waals surface area contributed by atoms with Crippen molar-refractivity contribution in [3.8, 4) is 0 Å². The Labute approximate surface area is 174 Å². The zero-order valence-electron chi connectivity index (χ0n) is 16.1. The van der Waals surface area contributed by atoms with Crippen molar-refractivity contribution in [1.82, 2.24) is 0 Å². The molecular formula is C22H24ClFO5. The van der Waals surface area contributed by atoms with E-state index in [0.717, 1.165) is 11.1 Å². The monoisotopic (exact) mass is 422 g/mol. The van der Waals surface area contributed by atoms with Crippen LogP contribution in [0.15, 0.2) is 60.7 Å². The van der Waals surface area contributed by atoms with E-state index in [-0.39, 0.29) is 19.1 Å². The summed E-state index contributed by atoms with van der Waals surface area (Å²) in [6, 6.07) is 19.1. The van der Waals surface area contributed by atoms with Crippen molar-refractivity contribution in [1.29, 1.82) is 0 Å². The topological polar surface area (TPSA) is 54.0 Å². The Bertz CT molecular complexity index is 760. The Hall–Kier alpha value is -1.99. The summed E-state index contributed by atoms with van der Waals surface area (Å²) in [4.78, 5) is 11.7. The minimum Gasteiger partial charge on any atom is -0.453 e. The summed E-state index contributed by atoms with van der Waals surface area (Å²) in [5.41, 5.74) is 1.87. The molecule has 0 aromatic heterocycles. The fourth-order valence-corrected chi connectivity index (χ4v) is 3.28. The number of halogens is 2. The lowest BCUT2D eigenvalue weighted by molar-refractivity contribution is -0.280. The van der Waals surface area contributed by atoms with Crippen molar-refractivity contribution in [3.63, 3.8) is 0 Å². The fourth-order valence-electron chi connectivity index (χ4n) is 3.22. The molecule has 0 spiro atoms. The van der Waals surface area contributed by atoms with Crippen LogP contribution in [0.2, 0.25) is 0 Å². The van der Waals surface area contributed by atoms with Crippen molar-refractivity contribution >= 4 is 17.6 Å². The number of alkyl halides is 2. The molecule has 0 saturated carbocycles. The van der Waals surface area contributed by atoms with Crippen LogP contribution in [0.1, 0.15) is 18.1 Å². The average Bonchev–Trinajstić information content (AvgIpc) is 2.75. The first-order valence-electron chi connectivity index (χ1n) is 9.44. The van der Waals surface area contributed by atoms with Gasteiger partial charge in [-0.25, -0.2) is 4.39 Å². The Balaban J connectivity index is 1.77. The SMILES string of the molecule is C[C@@H]1O[C@@H](F)[C@H](OC(=O)CCl)[C@H](OCc2ccccc2)[C@H]1OCc1ccccc1. The fraction of sp³-hybridized carbons (Fsp3) is 0.409. The molecule has 2 aromatic rings. The van der Waals surface area contributed by atoms with E-state index in [1.54, 1.807) is 6.92 Å². The largest absolute Gasteiger partial charge is 0.453 e. The molecule has 5 nitrogen and oxygen atoms in total. The molecular weight excluding hydrogens is 399 g/mol. The average molecular weight is 423 g/mol. The highest BCUT2D eigenvalue weighted by Crippen LogP contribution is 2.30. The Kier molecular flexibility index (Phi) is 8.00. The second kappa shape index (κ2) is 10.7. The number of hydrogen-bond donors (Lipinski definition) is 0. The number of esters is 1. The Morgan fingerprint density at radius 3 is 1.97 bits per heavy atom. The quantitative estimate of drug-likeness (QED) is 0.475. The van der Waals surface area contributed by atoms with Gasteiger partial charge in [0.2, 0.25) is 6.36 Å². The number of ether oxygens (including phenoxy) is 4. The minimum absolute atomic E-state index is 0.213. The molecule has 1 heterocycles. The number of hydrogen-bond acceptors (Lipinski definition) is 5. The van der Waals surface area contributed by atoms with Gasteiger partial charge in [0.15, 0.2) is 6.10 Å². The third-order valence-corrected chi connectivity index (χ3v) is 4.88. The van der Waals surface area contributed by atoms with E-state index < -0.39 is 36.7 Å². The van der Waals surface area contributed by atoms with Gasteiger partial charge in [0.1, 0.15) is 18.1 Å². The molecule has 0 amide bonds. The first-order valence-corrected chi connectivity index (χ1v) is 9.98. The smallest absolute Gasteiger partial charge is 0.321 e. The van der Waals surface area contributed by atoms with Gasteiger partial charge in [0.05, 0.1) is 19.3 Å². The van der Waals surface area contributed by atoms with Crippen molar-refractivity contribution < 1.29 is 28.1 Å². The van der Waals surface area contributed by atoms with E-state index in [2.05, 4.69) is 0 Å². The van der Waals surface area contributed by atoms with Crippen LogP contribution in [0.25, 0.3) is 0 Å². The molecule has 1 aliphatic heterocycles. The molecule has 0 radical (unpaired) electrons. The second-order valence-electron chi connectivity index (χ2n) is 6.80. The lowest BCUT2D eigenvalue weighted by atomic mass is 9.99. The van der Waals surface area contributed by atoms with Gasteiger partial charge in [0, 0.05) is 0 Å². The predicted octanol–water partition coefficient (Wildman–Crippen LogP) is 4.02. The van der Waals surface area contributed by atoms with Crippen LogP contribution in [0.5, 0.6) is 0 Å². The lowest BCUT2D eigenvalue weighted by Gasteiger charge is -2.42. The van der Waals surface area contributed by atoms with Crippen LogP contribution < -0.4 is 0 Å². The van der Waals surface area contributed by atoms with E-state index in [1.807, 2.05) is 60.7 Å². The van der Waals surface area contributed by atoms with E-state index in [0.29, 0.717) is 0 Å². The molecule has 7 heteroatoms. The molecule has 1 saturated heterocycles. The van der Waals surface area contributed by atoms with E-state index in [1.165, 1.54) is 0 Å². The Morgan fingerprint density at radius 1 is 0.931 bits per heavy atom. The summed E-state index contributed by atoms with van der Waals surface area (Å²) < 4.78 is 37.2. The molecule has 1 fully saturated rings. The normalized spacial score (nSPS) is 26.8. The van der Waals surface area contributed by atoms with Crippen LogP contribution in [0.4, 0.5) is 4.39 Å². The maximum absolute atomic E-state index is 14.6. The van der Waals surface area contributed by atoms with Crippen LogP contribution in [-0.2, 0) is 37.0 Å². The van der Waals surface area contributed by atoms with Crippen LogP contribution in [0, 0.1) is 0 Å². The summed E-state index contributed by atoms with van der Waals surface area (Å²) in [6.07, 6.45) is -5.21. The number of rotatable bonds is 8. The summed E-state index contributed by atoms with van der Waals surface area (Å²) in [5.74, 6) is -1.13. The van der Waals surface area contributed by atoms with Crippen LogP contribution in [0.3, 0.4) is 0 Å². The number of carbonyl (C=O) groups is 1. The second-order valence-corrected chi connectivity index (χ2v) is 7.07. The standard InChI is InChI=1S/C22H24ClFO5/c1-15-19(26-13-16-8-4-2-5-9-16)20(27-14-17-10-6-3-7-11-17)21(22(24)28-15)29-18(25)12-23/h2-11,15,19-22H,12-14H2,1H3/t15-,19-,20+,21+,22+/m0/s1. The molecule has 0 bridgehead atoms. The molecule has 3 rings (SSSR count). The molecule has 5 atom stereocenters. The Morgan fingerprint density at radius 2 is 1.45 bits per heavy atom. The first-order chi connectivity index (χ1) is 14.1. The summed E-state index contributed by atoms with van der Waals surface area (Å²) in [5, 5.41) is 0. The lowest BCUT2D eigenvalue weighted by Crippen LogP contribution is -2.58. The van der Waals surface area contributed by atoms with Gasteiger partial charge in [-0.15, -0.1) is 11.6 Å². The highest BCUT2D eigenvalue weighted by atomic mass is 35.5. The molecule has 0 N–H and O–H groups in total. The minimum atomic E-state index is -1.84. The van der Waals surface area contributed by atoms with Crippen molar-refractivity contribution in [2.45, 2.75) is 50.9 Å². The van der Waals surface area contributed by atoms with Gasteiger partial charge in [-0.2, -0.15) is 0 Å². The van der Waals surface area contributed by atoms with Gasteiger partial charge in [-0.3, -0.25) is 4.79 Å². The highest BCUT2D eigenvalue weighted by molar-refractivity contribution is 6.26. The van der Waals surface area contributed by atoms with Gasteiger partial charge < -0.3 is 18.9 Å². The van der Waals surface area contributed by atoms with Crippen molar-refractivity contribution in [2.75, 3.05) is 5.88 Å². The zero-order chi connectivity index (χ0) is 20.6. The third-order valence-electron chi connectivity index (χ3n) is 4.66. The molecule has 0 aliphatic carbocycles. The van der Waals surface area contributed by atoms with Gasteiger partial charge in [0.25, 0.3) is 0 Å². The van der Waals surface area contributed by atoms with Crippen molar-refractivity contribution in [2.24, 2.45) is 0 Å². The van der Waals surface area contributed by atoms with E-state index in [9.17, 15) is 9.18 Å². The number of carbonyl (C=O) groups excluding carboxylic acids is 1. The van der Waals surface area contributed by atoms with Gasteiger partial charge >= 0.3 is 5.97 Å². The maximum atomic E-state index is 14.6. The summed E-state index contributed by atoms with van der Waals surface area (Å²) >= 11 is 5.54. The first kappa shape index (κ1) is 21.7. The van der Waals surface area contributed by atoms with E-state index in [4.69, 9.17) is 30.5 Å². The highest BCUT2D eigenvalue weighted by Gasteiger charge is 2.48. The van der Waals surface area contributed by atoms with Crippen molar-refractivity contribution in [3.05, 3.63) is 71.8 Å².